The number of aliphatic hydroxyl groups is 1. The van der Waals surface area contributed by atoms with Crippen molar-refractivity contribution in [3.8, 4) is 0 Å². The molecule has 0 aliphatic rings. The molecule has 0 bridgehead atoms. The van der Waals surface area contributed by atoms with Crippen LogP contribution >= 0.6 is 11.8 Å². The van der Waals surface area contributed by atoms with E-state index in [0.29, 0.717) is 11.2 Å². The van der Waals surface area contributed by atoms with Gasteiger partial charge in [-0.25, -0.2) is 0 Å². The van der Waals surface area contributed by atoms with Gasteiger partial charge >= 0.3 is 0 Å². The fourth-order valence-electron chi connectivity index (χ4n) is 1.57. The zero-order valence-corrected chi connectivity index (χ0v) is 12.1. The Morgan fingerprint density at radius 2 is 1.59 bits per heavy atom. The molecule has 1 N–H and O–H groups in total. The second-order valence-electron chi connectivity index (χ2n) is 4.89. The van der Waals surface area contributed by atoms with Gasteiger partial charge in [0.1, 0.15) is 0 Å². The average Bonchev–Trinajstić information content (AvgIpc) is 2.35. The average molecular weight is 252 g/mol. The van der Waals surface area contributed by atoms with Gasteiger partial charge in [0.05, 0.1) is 6.10 Å². The van der Waals surface area contributed by atoms with Crippen molar-refractivity contribution in [2.75, 3.05) is 5.75 Å². The molecule has 1 rings (SSSR count). The highest BCUT2D eigenvalue weighted by Crippen LogP contribution is 2.24. The summed E-state index contributed by atoms with van der Waals surface area (Å²) in [6.45, 7) is 8.76. The van der Waals surface area contributed by atoms with Gasteiger partial charge < -0.3 is 5.11 Å². The number of aliphatic hydroxyl groups excluding tert-OH is 1. The van der Waals surface area contributed by atoms with Crippen LogP contribution in [0.15, 0.2) is 24.3 Å². The third-order valence-electron chi connectivity index (χ3n) is 3.10. The molecule has 2 unspecified atom stereocenters. The summed E-state index contributed by atoms with van der Waals surface area (Å²) in [4.78, 5) is 0. The van der Waals surface area contributed by atoms with Crippen LogP contribution in [0.1, 0.15) is 57.3 Å². The van der Waals surface area contributed by atoms with Gasteiger partial charge in [0.2, 0.25) is 0 Å². The largest absolute Gasteiger partial charge is 0.388 e. The molecule has 0 heterocycles. The Kier molecular flexibility index (Phi) is 6.07. The minimum atomic E-state index is -0.338. The van der Waals surface area contributed by atoms with Crippen molar-refractivity contribution in [3.63, 3.8) is 0 Å². The molecule has 17 heavy (non-hydrogen) atoms. The minimum absolute atomic E-state index is 0.338. The van der Waals surface area contributed by atoms with Crippen LogP contribution in [0, 0.1) is 0 Å². The lowest BCUT2D eigenvalue weighted by atomic mass is 10.0. The van der Waals surface area contributed by atoms with Crippen LogP contribution in [0.25, 0.3) is 0 Å². The number of rotatable bonds is 6. The van der Waals surface area contributed by atoms with Crippen molar-refractivity contribution in [2.24, 2.45) is 0 Å². The lowest BCUT2D eigenvalue weighted by molar-refractivity contribution is 0.204. The maximum atomic E-state index is 10.1. The summed E-state index contributed by atoms with van der Waals surface area (Å²) in [5.74, 6) is 1.34. The highest BCUT2D eigenvalue weighted by atomic mass is 32.2. The van der Waals surface area contributed by atoms with Gasteiger partial charge in [0.25, 0.3) is 0 Å². The van der Waals surface area contributed by atoms with Crippen molar-refractivity contribution in [1.29, 1.82) is 0 Å². The summed E-state index contributed by atoms with van der Waals surface area (Å²) in [7, 11) is 0. The van der Waals surface area contributed by atoms with Crippen LogP contribution < -0.4 is 0 Å². The fourth-order valence-corrected chi connectivity index (χ4v) is 2.51. The van der Waals surface area contributed by atoms with Crippen LogP contribution in [-0.4, -0.2) is 16.1 Å². The van der Waals surface area contributed by atoms with E-state index in [9.17, 15) is 5.11 Å². The summed E-state index contributed by atoms with van der Waals surface area (Å²) in [6.07, 6.45) is 0.819. The molecule has 0 aromatic heterocycles. The van der Waals surface area contributed by atoms with Gasteiger partial charge in [-0.05, 0) is 23.5 Å². The predicted molar refractivity (Wildman–Crippen MR) is 77.7 cm³/mol. The molecular weight excluding hydrogens is 228 g/mol. The van der Waals surface area contributed by atoms with Crippen molar-refractivity contribution >= 4 is 11.8 Å². The summed E-state index contributed by atoms with van der Waals surface area (Å²) in [5, 5.41) is 10.7. The Balaban J connectivity index is 2.54. The summed E-state index contributed by atoms with van der Waals surface area (Å²) >= 11 is 1.84. The van der Waals surface area contributed by atoms with E-state index in [-0.39, 0.29) is 6.10 Å². The summed E-state index contributed by atoms with van der Waals surface area (Å²) in [6, 6.07) is 8.35. The molecule has 2 atom stereocenters. The first-order valence-corrected chi connectivity index (χ1v) is 7.49. The Morgan fingerprint density at radius 1 is 1.06 bits per heavy atom. The molecule has 0 saturated heterocycles. The van der Waals surface area contributed by atoms with Crippen molar-refractivity contribution in [1.82, 2.24) is 0 Å². The molecule has 0 radical (unpaired) electrons. The van der Waals surface area contributed by atoms with Gasteiger partial charge in [0, 0.05) is 11.0 Å². The molecule has 0 saturated carbocycles. The molecular formula is C15H24OS. The van der Waals surface area contributed by atoms with Crippen molar-refractivity contribution < 1.29 is 5.11 Å². The number of hydrogen-bond acceptors (Lipinski definition) is 2. The van der Waals surface area contributed by atoms with E-state index < -0.39 is 0 Å². The van der Waals surface area contributed by atoms with Gasteiger partial charge in [-0.3, -0.25) is 0 Å². The first kappa shape index (κ1) is 14.6. The van der Waals surface area contributed by atoms with Gasteiger partial charge in [-0.2, -0.15) is 11.8 Å². The van der Waals surface area contributed by atoms with Crippen LogP contribution in [0.2, 0.25) is 0 Å². The molecule has 0 spiro atoms. The van der Waals surface area contributed by atoms with Gasteiger partial charge in [-0.1, -0.05) is 52.0 Å². The van der Waals surface area contributed by atoms with E-state index >= 15 is 0 Å². The highest BCUT2D eigenvalue weighted by molar-refractivity contribution is 7.99. The number of thioether (sulfide) groups is 1. The highest BCUT2D eigenvalue weighted by Gasteiger charge is 2.10. The monoisotopic (exact) mass is 252 g/mol. The SMILES string of the molecule is CCC(C)SCC(O)c1ccc(C(C)C)cc1. The van der Waals surface area contributed by atoms with Crippen LogP contribution in [0.4, 0.5) is 0 Å². The van der Waals surface area contributed by atoms with E-state index in [1.54, 1.807) is 0 Å². The smallest absolute Gasteiger partial charge is 0.0880 e. The van der Waals surface area contributed by atoms with Crippen molar-refractivity contribution in [2.45, 2.75) is 51.4 Å². The van der Waals surface area contributed by atoms with Gasteiger partial charge in [-0.15, -0.1) is 0 Å². The van der Waals surface area contributed by atoms with E-state index in [0.717, 1.165) is 17.7 Å². The second kappa shape index (κ2) is 7.07. The van der Waals surface area contributed by atoms with E-state index in [1.165, 1.54) is 5.56 Å². The lowest BCUT2D eigenvalue weighted by Gasteiger charge is -2.14. The second-order valence-corrected chi connectivity index (χ2v) is 6.36. The molecule has 0 aliphatic heterocycles. The minimum Gasteiger partial charge on any atom is -0.388 e. The first-order valence-electron chi connectivity index (χ1n) is 6.44. The maximum Gasteiger partial charge on any atom is 0.0880 e. The molecule has 0 fully saturated rings. The summed E-state index contributed by atoms with van der Waals surface area (Å²) in [5.41, 5.74) is 2.36. The third kappa shape index (κ3) is 4.72. The van der Waals surface area contributed by atoms with E-state index in [1.807, 2.05) is 11.8 Å². The standard InChI is InChI=1S/C15H24OS/c1-5-12(4)17-10-15(16)14-8-6-13(7-9-14)11(2)3/h6-9,11-12,15-16H,5,10H2,1-4H3. The number of hydrogen-bond donors (Lipinski definition) is 1. The normalized spacial score (nSPS) is 14.9. The first-order chi connectivity index (χ1) is 8.04. The van der Waals surface area contributed by atoms with E-state index in [4.69, 9.17) is 0 Å². The van der Waals surface area contributed by atoms with Crippen molar-refractivity contribution in [3.05, 3.63) is 35.4 Å². The molecule has 2 heteroatoms. The fraction of sp³-hybridized carbons (Fsp3) is 0.600. The zero-order chi connectivity index (χ0) is 12.8. The summed E-state index contributed by atoms with van der Waals surface area (Å²) < 4.78 is 0. The Bertz CT molecular complexity index is 318. The molecule has 1 nitrogen and oxygen atoms in total. The quantitative estimate of drug-likeness (QED) is 0.811. The Hall–Kier alpha value is -0.470. The zero-order valence-electron chi connectivity index (χ0n) is 11.3. The Labute approximate surface area is 110 Å². The Morgan fingerprint density at radius 3 is 2.06 bits per heavy atom. The van der Waals surface area contributed by atoms with Gasteiger partial charge in [0.15, 0.2) is 0 Å². The molecule has 0 amide bonds. The predicted octanol–water partition coefficient (Wildman–Crippen LogP) is 4.38. The van der Waals surface area contributed by atoms with Crippen LogP contribution in [0.3, 0.4) is 0 Å². The molecule has 1 aromatic carbocycles. The van der Waals surface area contributed by atoms with Crippen LogP contribution in [-0.2, 0) is 0 Å². The maximum absolute atomic E-state index is 10.1. The molecule has 96 valence electrons. The molecule has 0 aliphatic carbocycles. The number of benzene rings is 1. The third-order valence-corrected chi connectivity index (χ3v) is 4.51. The molecule has 1 aromatic rings. The lowest BCUT2D eigenvalue weighted by Crippen LogP contribution is -2.04. The topological polar surface area (TPSA) is 20.2 Å². The van der Waals surface area contributed by atoms with E-state index in [2.05, 4.69) is 52.0 Å². The van der Waals surface area contributed by atoms with Crippen LogP contribution in [0.5, 0.6) is 0 Å².